The maximum absolute atomic E-state index is 11.5. The molecule has 0 spiro atoms. The first-order valence-corrected chi connectivity index (χ1v) is 9.17. The molecule has 10 nitrogen and oxygen atoms in total. The molecule has 0 aromatic heterocycles. The van der Waals surface area contributed by atoms with E-state index >= 15 is 0 Å². The minimum absolute atomic E-state index is 0.0519. The first-order valence-electron chi connectivity index (χ1n) is 9.17. The average molecular weight is 421 g/mol. The van der Waals surface area contributed by atoms with Gasteiger partial charge >= 0.3 is 0 Å². The Labute approximate surface area is 172 Å². The Morgan fingerprint density at radius 1 is 0.759 bits per heavy atom. The molecule has 0 saturated carbocycles. The van der Waals surface area contributed by atoms with E-state index in [4.69, 9.17) is 0 Å². The standard InChI is InChI=1S/C10H19NO4.C9H17NO4/c1-5-8(12)10(15,6-9(13)14)7-11(2,3)4;1-7(11)9(14,5-8(12)13)6-10(2,3)4/h15H,5-7H2,1-4H3;14H,5-6H2,1-4H3/t10-;9-/m11/s1. The van der Waals surface area contributed by atoms with Gasteiger partial charge in [-0.05, 0) is 6.92 Å². The van der Waals surface area contributed by atoms with Gasteiger partial charge in [-0.3, -0.25) is 9.59 Å². The molecular formula is C19H36N2O8. The lowest BCUT2D eigenvalue weighted by molar-refractivity contribution is -0.875. The third-order valence-electron chi connectivity index (χ3n) is 3.84. The molecule has 10 heteroatoms. The monoisotopic (exact) mass is 420 g/mol. The van der Waals surface area contributed by atoms with Gasteiger partial charge in [0.05, 0.1) is 42.3 Å². The van der Waals surface area contributed by atoms with Gasteiger partial charge < -0.3 is 39.0 Å². The number of carbonyl (C=O) groups is 4. The summed E-state index contributed by atoms with van der Waals surface area (Å²) < 4.78 is 0.624. The molecule has 2 N–H and O–H groups in total. The number of nitrogens with zero attached hydrogens (tertiary/aromatic N) is 2. The van der Waals surface area contributed by atoms with Crippen molar-refractivity contribution in [3.8, 4) is 0 Å². The Morgan fingerprint density at radius 2 is 1.07 bits per heavy atom. The van der Waals surface area contributed by atoms with Crippen LogP contribution in [0.25, 0.3) is 0 Å². The molecule has 0 aromatic rings. The highest BCUT2D eigenvalue weighted by atomic mass is 16.4. The van der Waals surface area contributed by atoms with Gasteiger partial charge in [0.25, 0.3) is 0 Å². The number of carboxylic acids is 2. The summed E-state index contributed by atoms with van der Waals surface area (Å²) in [5.41, 5.74) is -3.64. The maximum atomic E-state index is 11.5. The summed E-state index contributed by atoms with van der Waals surface area (Å²) in [4.78, 5) is 43.5. The third-order valence-corrected chi connectivity index (χ3v) is 3.84. The van der Waals surface area contributed by atoms with E-state index in [1.165, 1.54) is 6.92 Å². The van der Waals surface area contributed by atoms with Gasteiger partial charge in [0, 0.05) is 31.2 Å². The molecule has 0 fully saturated rings. The summed E-state index contributed by atoms with van der Waals surface area (Å²) in [5, 5.41) is 40.7. The van der Waals surface area contributed by atoms with Gasteiger partial charge in [-0.2, -0.15) is 0 Å². The molecule has 0 unspecified atom stereocenters. The summed E-state index contributed by atoms with van der Waals surface area (Å²) >= 11 is 0. The van der Waals surface area contributed by atoms with E-state index in [2.05, 4.69) is 0 Å². The van der Waals surface area contributed by atoms with E-state index in [1.807, 2.05) is 0 Å². The number of ketones is 2. The SMILES string of the molecule is CC(=O)[C@@](O)(CC(=O)[O-])C[N+](C)(C)C.CCC(=O)[C@@](O)(CC(=O)[O-])C[N+](C)(C)C. The molecule has 2 atom stereocenters. The van der Waals surface area contributed by atoms with Gasteiger partial charge in [-0.15, -0.1) is 0 Å². The number of rotatable bonds is 11. The first-order chi connectivity index (χ1) is 12.7. The number of hydrogen-bond donors (Lipinski definition) is 2. The van der Waals surface area contributed by atoms with Crippen molar-refractivity contribution in [3.63, 3.8) is 0 Å². The number of Topliss-reactive ketones (excluding diaryl/α,β-unsaturated/α-hetero) is 2. The van der Waals surface area contributed by atoms with Crippen LogP contribution in [-0.2, 0) is 19.2 Å². The van der Waals surface area contributed by atoms with E-state index in [9.17, 15) is 39.6 Å². The number of hydrogen-bond acceptors (Lipinski definition) is 8. The van der Waals surface area contributed by atoms with Crippen molar-refractivity contribution in [1.82, 2.24) is 0 Å². The number of carboxylic acid groups (broad SMARTS) is 2. The van der Waals surface area contributed by atoms with Crippen molar-refractivity contribution in [2.24, 2.45) is 0 Å². The van der Waals surface area contributed by atoms with Crippen LogP contribution in [-0.4, -0.2) is 109 Å². The summed E-state index contributed by atoms with van der Waals surface area (Å²) in [6.45, 7) is 2.89. The number of aliphatic carboxylic acids is 2. The van der Waals surface area contributed by atoms with Crippen molar-refractivity contribution in [2.75, 3.05) is 55.4 Å². The zero-order valence-corrected chi connectivity index (χ0v) is 18.8. The highest BCUT2D eigenvalue weighted by Crippen LogP contribution is 2.17. The molecule has 0 heterocycles. The second-order valence-electron chi connectivity index (χ2n) is 9.39. The lowest BCUT2D eigenvalue weighted by Gasteiger charge is -2.34. The van der Waals surface area contributed by atoms with Crippen LogP contribution < -0.4 is 10.2 Å². The zero-order valence-electron chi connectivity index (χ0n) is 18.8. The molecule has 0 saturated heterocycles. The fourth-order valence-electron chi connectivity index (χ4n) is 2.91. The minimum Gasteiger partial charge on any atom is -0.550 e. The Balaban J connectivity index is 0. The van der Waals surface area contributed by atoms with Gasteiger partial charge in [0.2, 0.25) is 0 Å². The van der Waals surface area contributed by atoms with Crippen LogP contribution in [0.1, 0.15) is 33.1 Å². The molecule has 0 aromatic carbocycles. The van der Waals surface area contributed by atoms with E-state index in [0.717, 1.165) is 0 Å². The van der Waals surface area contributed by atoms with Crippen LogP contribution in [0.4, 0.5) is 0 Å². The largest absolute Gasteiger partial charge is 0.550 e. The van der Waals surface area contributed by atoms with Crippen molar-refractivity contribution in [2.45, 2.75) is 44.3 Å². The summed E-state index contributed by atoms with van der Waals surface area (Å²) in [6.07, 6.45) is -1.18. The minimum atomic E-state index is -1.82. The maximum Gasteiger partial charge on any atom is 0.177 e. The predicted octanol–water partition coefficient (Wildman–Crippen LogP) is -3.30. The fourth-order valence-corrected chi connectivity index (χ4v) is 2.91. The van der Waals surface area contributed by atoms with E-state index in [0.29, 0.717) is 8.97 Å². The van der Waals surface area contributed by atoms with Crippen LogP contribution in [0.5, 0.6) is 0 Å². The highest BCUT2D eigenvalue weighted by molar-refractivity contribution is 5.90. The highest BCUT2D eigenvalue weighted by Gasteiger charge is 2.40. The topological polar surface area (TPSA) is 155 Å². The second-order valence-corrected chi connectivity index (χ2v) is 9.39. The molecule has 170 valence electrons. The Kier molecular flexibility index (Phi) is 10.9. The lowest BCUT2D eigenvalue weighted by Crippen LogP contribution is -2.55. The summed E-state index contributed by atoms with van der Waals surface area (Å²) in [7, 11) is 10.6. The lowest BCUT2D eigenvalue weighted by atomic mass is 9.91. The molecule has 0 aliphatic heterocycles. The Bertz CT molecular complexity index is 606. The second kappa shape index (κ2) is 10.8. The van der Waals surface area contributed by atoms with Crippen LogP contribution >= 0.6 is 0 Å². The normalized spacial score (nSPS) is 15.9. The number of quaternary nitrogens is 2. The summed E-state index contributed by atoms with van der Waals surface area (Å²) in [5.74, 6) is -3.83. The van der Waals surface area contributed by atoms with Crippen molar-refractivity contribution < 1.29 is 48.6 Å². The van der Waals surface area contributed by atoms with Gasteiger partial charge in [0.1, 0.15) is 13.1 Å². The molecule has 0 radical (unpaired) electrons. The number of aliphatic hydroxyl groups is 2. The van der Waals surface area contributed by atoms with Crippen LogP contribution in [0.2, 0.25) is 0 Å². The molecule has 0 aliphatic carbocycles. The molecule has 0 aliphatic rings. The predicted molar refractivity (Wildman–Crippen MR) is 101 cm³/mol. The molecule has 0 bridgehead atoms. The zero-order chi connectivity index (χ0) is 23.8. The molecular weight excluding hydrogens is 384 g/mol. The van der Waals surface area contributed by atoms with Crippen molar-refractivity contribution in [1.29, 1.82) is 0 Å². The fraction of sp³-hybridized carbons (Fsp3) is 0.789. The van der Waals surface area contributed by atoms with Crippen LogP contribution in [0.15, 0.2) is 0 Å². The average Bonchev–Trinajstić information content (AvgIpc) is 2.40. The van der Waals surface area contributed by atoms with E-state index < -0.39 is 47.5 Å². The Hall–Kier alpha value is -1.88. The smallest absolute Gasteiger partial charge is 0.177 e. The van der Waals surface area contributed by atoms with Gasteiger partial charge in [0.15, 0.2) is 22.8 Å². The summed E-state index contributed by atoms with van der Waals surface area (Å²) in [6, 6.07) is 0. The van der Waals surface area contributed by atoms with Crippen LogP contribution in [0, 0.1) is 0 Å². The van der Waals surface area contributed by atoms with Crippen molar-refractivity contribution >= 4 is 23.5 Å². The Morgan fingerprint density at radius 3 is 1.31 bits per heavy atom. The molecule has 29 heavy (non-hydrogen) atoms. The van der Waals surface area contributed by atoms with Gasteiger partial charge in [-0.25, -0.2) is 0 Å². The van der Waals surface area contributed by atoms with Gasteiger partial charge in [-0.1, -0.05) is 6.92 Å². The number of carbonyl (C=O) groups excluding carboxylic acids is 4. The quantitative estimate of drug-likeness (QED) is 0.329. The third kappa shape index (κ3) is 13.1. The van der Waals surface area contributed by atoms with Crippen LogP contribution in [0.3, 0.4) is 0 Å². The first kappa shape index (κ1) is 29.3. The molecule has 0 amide bonds. The van der Waals surface area contributed by atoms with Crippen molar-refractivity contribution in [3.05, 3.63) is 0 Å². The van der Waals surface area contributed by atoms with E-state index in [1.54, 1.807) is 49.2 Å². The number of likely N-dealkylation sites (N-methyl/N-ethyl adjacent to an activating group) is 2. The molecule has 0 rings (SSSR count). The van der Waals surface area contributed by atoms with E-state index in [-0.39, 0.29) is 19.5 Å².